The van der Waals surface area contributed by atoms with Gasteiger partial charge in [-0.2, -0.15) is 0 Å². The molecule has 0 aliphatic carbocycles. The predicted octanol–water partition coefficient (Wildman–Crippen LogP) is 4.36. The molecule has 4 heterocycles. The van der Waals surface area contributed by atoms with Crippen LogP contribution in [0.25, 0.3) is 16.7 Å². The lowest BCUT2D eigenvalue weighted by molar-refractivity contribution is 0.0218. The third-order valence-corrected chi connectivity index (χ3v) is 6.77. The quantitative estimate of drug-likeness (QED) is 0.516. The fraction of sp³-hybridized carbons (Fsp3) is 0.500. The topological polar surface area (TPSA) is 76.0 Å². The molecule has 0 spiro atoms. The van der Waals surface area contributed by atoms with Crippen LogP contribution in [-0.4, -0.2) is 83.1 Å². The summed E-state index contributed by atoms with van der Waals surface area (Å²) < 4.78 is 13.3. The largest absolute Gasteiger partial charge is 0.444 e. The number of halogens is 1. The fourth-order valence-electron chi connectivity index (χ4n) is 4.88. The van der Waals surface area contributed by atoms with Crippen LogP contribution in [0.3, 0.4) is 0 Å². The Morgan fingerprint density at radius 2 is 1.92 bits per heavy atom. The normalized spacial score (nSPS) is 19.1. The summed E-state index contributed by atoms with van der Waals surface area (Å²) in [4.78, 5) is 28.6. The molecule has 2 aliphatic rings. The number of piperazine rings is 1. The van der Waals surface area contributed by atoms with Crippen LogP contribution >= 0.6 is 11.6 Å². The van der Waals surface area contributed by atoms with Gasteiger partial charge in [0.2, 0.25) is 0 Å². The van der Waals surface area contributed by atoms with Crippen LogP contribution in [0.2, 0.25) is 5.02 Å². The first kappa shape index (κ1) is 24.6. The molecule has 1 atom stereocenters. The van der Waals surface area contributed by atoms with E-state index < -0.39 is 5.60 Å². The van der Waals surface area contributed by atoms with Crippen molar-refractivity contribution in [2.45, 2.75) is 39.3 Å². The van der Waals surface area contributed by atoms with Crippen LogP contribution in [0.4, 0.5) is 16.3 Å². The minimum Gasteiger partial charge on any atom is -0.444 e. The van der Waals surface area contributed by atoms with E-state index in [1.807, 2.05) is 45.0 Å². The maximum absolute atomic E-state index is 12.7. The molecule has 2 fully saturated rings. The van der Waals surface area contributed by atoms with Gasteiger partial charge >= 0.3 is 6.09 Å². The molecule has 0 bridgehead atoms. The number of benzene rings is 1. The Morgan fingerprint density at radius 1 is 1.14 bits per heavy atom. The molecule has 0 N–H and O–H groups in total. The first-order chi connectivity index (χ1) is 17.2. The number of hydrogen-bond donors (Lipinski definition) is 0. The Labute approximate surface area is 216 Å². The molecule has 0 unspecified atom stereocenters. The summed E-state index contributed by atoms with van der Waals surface area (Å²) >= 11 is 6.33. The Hall–Kier alpha value is -3.04. The average Bonchev–Trinajstić information content (AvgIpc) is 3.24. The summed E-state index contributed by atoms with van der Waals surface area (Å²) in [6, 6.07) is 7.83. The van der Waals surface area contributed by atoms with Crippen molar-refractivity contribution in [2.24, 2.45) is 0 Å². The van der Waals surface area contributed by atoms with Crippen molar-refractivity contribution in [2.75, 3.05) is 55.7 Å². The third kappa shape index (κ3) is 4.95. The zero-order valence-corrected chi connectivity index (χ0v) is 22.0. The number of amides is 1. The van der Waals surface area contributed by atoms with Gasteiger partial charge in [0.05, 0.1) is 24.3 Å². The summed E-state index contributed by atoms with van der Waals surface area (Å²) in [5.74, 6) is 0.874. The van der Waals surface area contributed by atoms with Crippen LogP contribution in [0.15, 0.2) is 36.8 Å². The van der Waals surface area contributed by atoms with E-state index in [4.69, 9.17) is 31.0 Å². The molecule has 36 heavy (non-hydrogen) atoms. The van der Waals surface area contributed by atoms with Gasteiger partial charge in [-0.25, -0.2) is 14.8 Å². The Bertz CT molecular complexity index is 1250. The standard InChI is InChI=1S/C26H33ClN6O3/c1-18-15-31(25(34)36-26(2,3)4)8-9-32(18)23-22-21(30-10-12-35-13-11-30)16-33(24(22)29-17-28-23)20-7-5-6-19(27)14-20/h5-7,14,16-18H,8-13,15H2,1-4H3/t18-/m0/s1. The van der Waals surface area contributed by atoms with E-state index in [1.165, 1.54) is 0 Å². The first-order valence-corrected chi connectivity index (χ1v) is 12.8. The first-order valence-electron chi connectivity index (χ1n) is 12.4. The molecule has 2 saturated heterocycles. The number of carbonyl (C=O) groups is 1. The summed E-state index contributed by atoms with van der Waals surface area (Å²) in [6.45, 7) is 12.5. The molecule has 1 aromatic carbocycles. The molecule has 3 aromatic rings. The number of aromatic nitrogens is 3. The molecule has 9 nitrogen and oxygen atoms in total. The van der Waals surface area contributed by atoms with Crippen LogP contribution in [-0.2, 0) is 9.47 Å². The van der Waals surface area contributed by atoms with Crippen LogP contribution in [0, 0.1) is 0 Å². The molecule has 192 valence electrons. The van der Waals surface area contributed by atoms with Gasteiger partial charge in [0.15, 0.2) is 5.65 Å². The van der Waals surface area contributed by atoms with Gasteiger partial charge in [-0.1, -0.05) is 17.7 Å². The SMILES string of the molecule is C[C@H]1CN(C(=O)OC(C)(C)C)CCN1c1ncnc2c1c(N1CCOCC1)cn2-c1cccc(Cl)c1. The molecule has 1 amide bonds. The highest BCUT2D eigenvalue weighted by Gasteiger charge is 2.33. The number of morpholine rings is 1. The predicted molar refractivity (Wildman–Crippen MR) is 142 cm³/mol. The lowest BCUT2D eigenvalue weighted by Crippen LogP contribution is -2.55. The zero-order valence-electron chi connectivity index (χ0n) is 21.3. The molecule has 2 aromatic heterocycles. The van der Waals surface area contributed by atoms with Crippen molar-refractivity contribution in [3.63, 3.8) is 0 Å². The third-order valence-electron chi connectivity index (χ3n) is 6.53. The lowest BCUT2D eigenvalue weighted by atomic mass is 10.1. The fourth-order valence-corrected chi connectivity index (χ4v) is 5.06. The molecule has 10 heteroatoms. The number of anilines is 2. The zero-order chi connectivity index (χ0) is 25.4. The average molecular weight is 513 g/mol. The van der Waals surface area contributed by atoms with Crippen molar-refractivity contribution in [3.8, 4) is 5.69 Å². The minimum absolute atomic E-state index is 0.0522. The second-order valence-corrected chi connectivity index (χ2v) is 10.8. The van der Waals surface area contributed by atoms with Crippen molar-refractivity contribution < 1.29 is 14.3 Å². The number of fused-ring (bicyclic) bond motifs is 1. The minimum atomic E-state index is -0.521. The van der Waals surface area contributed by atoms with E-state index in [0.717, 1.165) is 41.3 Å². The Morgan fingerprint density at radius 3 is 2.61 bits per heavy atom. The van der Waals surface area contributed by atoms with E-state index in [0.29, 0.717) is 37.9 Å². The number of hydrogen-bond acceptors (Lipinski definition) is 7. The molecular weight excluding hydrogens is 480 g/mol. The highest BCUT2D eigenvalue weighted by atomic mass is 35.5. The number of ether oxygens (including phenoxy) is 2. The van der Waals surface area contributed by atoms with E-state index >= 15 is 0 Å². The number of nitrogens with zero attached hydrogens (tertiary/aromatic N) is 6. The maximum Gasteiger partial charge on any atom is 0.410 e. The van der Waals surface area contributed by atoms with Gasteiger partial charge in [0.25, 0.3) is 0 Å². The molecule has 0 saturated carbocycles. The number of rotatable bonds is 3. The molecular formula is C26H33ClN6O3. The van der Waals surface area contributed by atoms with Gasteiger partial charge in [-0.05, 0) is 45.9 Å². The summed E-state index contributed by atoms with van der Waals surface area (Å²) in [5.41, 5.74) is 2.32. The maximum atomic E-state index is 12.7. The van der Waals surface area contributed by atoms with Gasteiger partial charge in [0.1, 0.15) is 17.7 Å². The van der Waals surface area contributed by atoms with Crippen molar-refractivity contribution in [1.29, 1.82) is 0 Å². The lowest BCUT2D eigenvalue weighted by Gasteiger charge is -2.41. The Kier molecular flexibility index (Phi) is 6.70. The Balaban J connectivity index is 1.54. The summed E-state index contributed by atoms with van der Waals surface area (Å²) in [5, 5.41) is 1.67. The van der Waals surface area contributed by atoms with Crippen molar-refractivity contribution >= 4 is 40.2 Å². The van der Waals surface area contributed by atoms with E-state index in [2.05, 4.69) is 27.5 Å². The van der Waals surface area contributed by atoms with E-state index in [-0.39, 0.29) is 12.1 Å². The van der Waals surface area contributed by atoms with Gasteiger partial charge in [-0.15, -0.1) is 0 Å². The number of carbonyl (C=O) groups excluding carboxylic acids is 1. The second-order valence-electron chi connectivity index (χ2n) is 10.3. The highest BCUT2D eigenvalue weighted by molar-refractivity contribution is 6.30. The van der Waals surface area contributed by atoms with E-state index in [9.17, 15) is 4.79 Å². The summed E-state index contributed by atoms with van der Waals surface area (Å²) in [6.07, 6.45) is 3.47. The van der Waals surface area contributed by atoms with Crippen LogP contribution in [0.1, 0.15) is 27.7 Å². The van der Waals surface area contributed by atoms with Crippen LogP contribution < -0.4 is 9.80 Å². The van der Waals surface area contributed by atoms with Gasteiger partial charge < -0.3 is 24.2 Å². The van der Waals surface area contributed by atoms with Crippen LogP contribution in [0.5, 0.6) is 0 Å². The van der Waals surface area contributed by atoms with Gasteiger partial charge in [-0.3, -0.25) is 4.57 Å². The van der Waals surface area contributed by atoms with E-state index in [1.54, 1.807) is 11.2 Å². The highest BCUT2D eigenvalue weighted by Crippen LogP contribution is 2.38. The molecule has 5 rings (SSSR count). The summed E-state index contributed by atoms with van der Waals surface area (Å²) in [7, 11) is 0. The molecule has 2 aliphatic heterocycles. The smallest absolute Gasteiger partial charge is 0.410 e. The molecule has 0 radical (unpaired) electrons. The van der Waals surface area contributed by atoms with Gasteiger partial charge in [0, 0.05) is 55.7 Å². The monoisotopic (exact) mass is 512 g/mol. The van der Waals surface area contributed by atoms with Crippen molar-refractivity contribution in [3.05, 3.63) is 41.8 Å². The second kappa shape index (κ2) is 9.78. The van der Waals surface area contributed by atoms with Crippen molar-refractivity contribution in [1.82, 2.24) is 19.4 Å².